The lowest BCUT2D eigenvalue weighted by Gasteiger charge is -2.18. The van der Waals surface area contributed by atoms with Crippen LogP contribution in [0.4, 0.5) is 0 Å². The van der Waals surface area contributed by atoms with Crippen LogP contribution < -0.4 is 5.32 Å². The van der Waals surface area contributed by atoms with E-state index >= 15 is 0 Å². The summed E-state index contributed by atoms with van der Waals surface area (Å²) >= 11 is 0. The molecule has 0 bridgehead atoms. The van der Waals surface area contributed by atoms with Gasteiger partial charge in [-0.05, 0) is 48.6 Å². The van der Waals surface area contributed by atoms with Crippen molar-refractivity contribution in [1.82, 2.24) is 5.32 Å². The molecule has 1 atom stereocenters. The Labute approximate surface area is 117 Å². The molecular formula is C18H25N. The van der Waals surface area contributed by atoms with Gasteiger partial charge in [-0.2, -0.15) is 0 Å². The van der Waals surface area contributed by atoms with Gasteiger partial charge in [0.1, 0.15) is 0 Å². The summed E-state index contributed by atoms with van der Waals surface area (Å²) in [5, 5.41) is 6.21. The van der Waals surface area contributed by atoms with Crippen molar-refractivity contribution in [3.05, 3.63) is 48.0 Å². The van der Waals surface area contributed by atoms with Crippen molar-refractivity contribution >= 4 is 10.8 Å². The minimum atomic E-state index is 0.624. The Balaban J connectivity index is 2.09. The largest absolute Gasteiger partial charge is 0.317 e. The van der Waals surface area contributed by atoms with Gasteiger partial charge in [-0.15, -0.1) is 0 Å². The summed E-state index contributed by atoms with van der Waals surface area (Å²) < 4.78 is 0. The third-order valence-electron chi connectivity index (χ3n) is 3.81. The zero-order valence-corrected chi connectivity index (χ0v) is 12.3. The van der Waals surface area contributed by atoms with Gasteiger partial charge < -0.3 is 5.32 Å². The van der Waals surface area contributed by atoms with E-state index in [0.717, 1.165) is 12.3 Å². The zero-order valence-electron chi connectivity index (χ0n) is 12.3. The first kappa shape index (κ1) is 14.1. The summed E-state index contributed by atoms with van der Waals surface area (Å²) in [5.41, 5.74) is 1.47. The first-order valence-electron chi connectivity index (χ1n) is 7.34. The highest BCUT2D eigenvalue weighted by atomic mass is 14.9. The molecule has 0 fully saturated rings. The fourth-order valence-corrected chi connectivity index (χ4v) is 2.79. The van der Waals surface area contributed by atoms with E-state index in [-0.39, 0.29) is 0 Å². The van der Waals surface area contributed by atoms with Crippen LogP contribution in [-0.4, -0.2) is 13.1 Å². The average molecular weight is 255 g/mol. The second-order valence-corrected chi connectivity index (χ2v) is 5.79. The van der Waals surface area contributed by atoms with E-state index in [1.165, 1.54) is 29.2 Å². The molecular weight excluding hydrogens is 230 g/mol. The Hall–Kier alpha value is -1.34. The maximum atomic E-state index is 3.45. The highest BCUT2D eigenvalue weighted by molar-refractivity contribution is 5.85. The first-order chi connectivity index (χ1) is 9.20. The molecule has 0 radical (unpaired) electrons. The summed E-state index contributed by atoms with van der Waals surface area (Å²) in [6.45, 7) is 4.59. The molecule has 2 rings (SSSR count). The van der Waals surface area contributed by atoms with E-state index < -0.39 is 0 Å². The molecule has 0 aromatic heterocycles. The maximum Gasteiger partial charge on any atom is 0.00696 e. The molecule has 0 saturated heterocycles. The molecule has 102 valence electrons. The van der Waals surface area contributed by atoms with Crippen LogP contribution in [-0.2, 0) is 6.42 Å². The van der Waals surface area contributed by atoms with Crippen molar-refractivity contribution in [2.24, 2.45) is 5.92 Å². The smallest absolute Gasteiger partial charge is 0.00696 e. The third-order valence-corrected chi connectivity index (χ3v) is 3.81. The summed E-state index contributed by atoms with van der Waals surface area (Å²) in [6, 6.07) is 15.9. The predicted octanol–water partition coefficient (Wildman–Crippen LogP) is 4.41. The quantitative estimate of drug-likeness (QED) is 0.806. The van der Waals surface area contributed by atoms with Crippen molar-refractivity contribution in [3.63, 3.8) is 0 Å². The van der Waals surface area contributed by atoms with Crippen LogP contribution in [0.1, 0.15) is 32.3 Å². The van der Waals surface area contributed by atoms with Crippen LogP contribution in [0.15, 0.2) is 42.5 Å². The molecule has 1 nitrogen and oxygen atoms in total. The van der Waals surface area contributed by atoms with Crippen LogP contribution in [0.2, 0.25) is 0 Å². The fourth-order valence-electron chi connectivity index (χ4n) is 2.79. The molecule has 1 N–H and O–H groups in total. The summed E-state index contributed by atoms with van der Waals surface area (Å²) in [5.74, 6) is 0.755. The van der Waals surface area contributed by atoms with Crippen LogP contribution in [0.5, 0.6) is 0 Å². The number of rotatable bonds is 6. The van der Waals surface area contributed by atoms with Crippen molar-refractivity contribution < 1.29 is 0 Å². The standard InChI is InChI=1S/C18H25N/c1-14(2)13-17(19-3)12-11-16-9-6-8-15-7-4-5-10-18(15)16/h4-10,14,17,19H,11-13H2,1-3H3. The predicted molar refractivity (Wildman–Crippen MR) is 84.6 cm³/mol. The van der Waals surface area contributed by atoms with Gasteiger partial charge in [-0.1, -0.05) is 56.3 Å². The van der Waals surface area contributed by atoms with Crippen LogP contribution in [0.25, 0.3) is 10.8 Å². The van der Waals surface area contributed by atoms with Crippen LogP contribution >= 0.6 is 0 Å². The van der Waals surface area contributed by atoms with Crippen molar-refractivity contribution in [2.75, 3.05) is 7.05 Å². The molecule has 0 saturated carbocycles. The Morgan fingerprint density at radius 1 is 1.00 bits per heavy atom. The Morgan fingerprint density at radius 3 is 2.47 bits per heavy atom. The topological polar surface area (TPSA) is 12.0 Å². The normalized spacial score (nSPS) is 13.1. The lowest BCUT2D eigenvalue weighted by Crippen LogP contribution is -2.27. The molecule has 0 amide bonds. The molecule has 0 spiro atoms. The van der Waals surface area contributed by atoms with Crippen molar-refractivity contribution in [1.29, 1.82) is 0 Å². The average Bonchev–Trinajstić information content (AvgIpc) is 2.43. The van der Waals surface area contributed by atoms with Crippen molar-refractivity contribution in [2.45, 2.75) is 39.2 Å². The molecule has 0 heterocycles. The Bertz CT molecular complexity index is 511. The molecule has 1 unspecified atom stereocenters. The van der Waals surface area contributed by atoms with E-state index in [0.29, 0.717) is 6.04 Å². The number of hydrogen-bond acceptors (Lipinski definition) is 1. The van der Waals surface area contributed by atoms with Gasteiger partial charge in [-0.25, -0.2) is 0 Å². The van der Waals surface area contributed by atoms with Gasteiger partial charge in [0.25, 0.3) is 0 Å². The lowest BCUT2D eigenvalue weighted by molar-refractivity contribution is 0.422. The van der Waals surface area contributed by atoms with E-state index in [4.69, 9.17) is 0 Å². The van der Waals surface area contributed by atoms with Gasteiger partial charge in [0.15, 0.2) is 0 Å². The number of fused-ring (bicyclic) bond motifs is 1. The zero-order chi connectivity index (χ0) is 13.7. The molecule has 2 aromatic carbocycles. The highest BCUT2D eigenvalue weighted by Gasteiger charge is 2.09. The van der Waals surface area contributed by atoms with Crippen LogP contribution in [0, 0.1) is 5.92 Å². The Kier molecular flexibility index (Phi) is 4.98. The van der Waals surface area contributed by atoms with Gasteiger partial charge >= 0.3 is 0 Å². The highest BCUT2D eigenvalue weighted by Crippen LogP contribution is 2.21. The number of benzene rings is 2. The summed E-state index contributed by atoms with van der Waals surface area (Å²) in [7, 11) is 2.08. The maximum absolute atomic E-state index is 3.45. The van der Waals surface area contributed by atoms with E-state index in [1.54, 1.807) is 0 Å². The van der Waals surface area contributed by atoms with Gasteiger partial charge in [0, 0.05) is 6.04 Å². The van der Waals surface area contributed by atoms with Crippen LogP contribution in [0.3, 0.4) is 0 Å². The summed E-state index contributed by atoms with van der Waals surface area (Å²) in [6.07, 6.45) is 3.61. The van der Waals surface area contributed by atoms with E-state index in [9.17, 15) is 0 Å². The Morgan fingerprint density at radius 2 is 1.74 bits per heavy atom. The van der Waals surface area contributed by atoms with Gasteiger partial charge in [-0.3, -0.25) is 0 Å². The van der Waals surface area contributed by atoms with E-state index in [2.05, 4.69) is 68.7 Å². The molecule has 0 aliphatic rings. The molecule has 2 aromatic rings. The number of aryl methyl sites for hydroxylation is 1. The summed E-state index contributed by atoms with van der Waals surface area (Å²) in [4.78, 5) is 0. The van der Waals surface area contributed by atoms with Crippen molar-refractivity contribution in [3.8, 4) is 0 Å². The molecule has 1 heteroatoms. The monoisotopic (exact) mass is 255 g/mol. The number of nitrogens with one attached hydrogen (secondary N) is 1. The third kappa shape index (κ3) is 3.81. The molecule has 0 aliphatic carbocycles. The lowest BCUT2D eigenvalue weighted by atomic mass is 9.95. The minimum Gasteiger partial charge on any atom is -0.317 e. The minimum absolute atomic E-state index is 0.624. The SMILES string of the molecule is CNC(CCc1cccc2ccccc12)CC(C)C. The number of hydrogen-bond donors (Lipinski definition) is 1. The molecule has 0 aliphatic heterocycles. The second-order valence-electron chi connectivity index (χ2n) is 5.79. The van der Waals surface area contributed by atoms with E-state index in [1.807, 2.05) is 0 Å². The first-order valence-corrected chi connectivity index (χ1v) is 7.34. The fraction of sp³-hybridized carbons (Fsp3) is 0.444. The van der Waals surface area contributed by atoms with Gasteiger partial charge in [0.05, 0.1) is 0 Å². The van der Waals surface area contributed by atoms with Gasteiger partial charge in [0.2, 0.25) is 0 Å². The molecule has 19 heavy (non-hydrogen) atoms. The second kappa shape index (κ2) is 6.72.